The summed E-state index contributed by atoms with van der Waals surface area (Å²) in [6, 6.07) is 15.9. The van der Waals surface area contributed by atoms with Crippen LogP contribution in [0, 0.1) is 6.92 Å². The van der Waals surface area contributed by atoms with Gasteiger partial charge in [-0.1, -0.05) is 36.4 Å². The first kappa shape index (κ1) is 17.3. The van der Waals surface area contributed by atoms with Gasteiger partial charge in [0.25, 0.3) is 0 Å². The minimum atomic E-state index is -0.234. The van der Waals surface area contributed by atoms with Crippen molar-refractivity contribution in [3.63, 3.8) is 0 Å². The standard InChI is InChI=1S/C20H20N2O2S/c1-15-7-5-10-17(21-15)11-6-12-24-19(23)13-18-14-25-20(22-18)16-8-3-2-4-9-16/h2-5,7-10,14H,6,11-13H2,1H3. The van der Waals surface area contributed by atoms with Crippen LogP contribution in [0.25, 0.3) is 10.6 Å². The second-order valence-corrected chi connectivity index (χ2v) is 6.64. The molecule has 2 heterocycles. The number of hydrogen-bond acceptors (Lipinski definition) is 5. The molecule has 1 aromatic carbocycles. The van der Waals surface area contributed by atoms with Gasteiger partial charge in [0.05, 0.1) is 18.7 Å². The van der Waals surface area contributed by atoms with Gasteiger partial charge in [-0.15, -0.1) is 11.3 Å². The number of hydrogen-bond donors (Lipinski definition) is 0. The van der Waals surface area contributed by atoms with Crippen LogP contribution in [0.5, 0.6) is 0 Å². The SMILES string of the molecule is Cc1cccc(CCCOC(=O)Cc2csc(-c3ccccc3)n2)n1. The van der Waals surface area contributed by atoms with Crippen molar-refractivity contribution in [1.29, 1.82) is 0 Å². The lowest BCUT2D eigenvalue weighted by Crippen LogP contribution is -2.10. The molecular formula is C20H20N2O2S. The molecule has 0 N–H and O–H groups in total. The summed E-state index contributed by atoms with van der Waals surface area (Å²) >= 11 is 1.54. The number of aromatic nitrogens is 2. The third kappa shape index (κ3) is 5.22. The van der Waals surface area contributed by atoms with Gasteiger partial charge in [0.2, 0.25) is 0 Å². The van der Waals surface area contributed by atoms with E-state index in [1.807, 2.05) is 60.8 Å². The molecule has 3 aromatic rings. The highest BCUT2D eigenvalue weighted by atomic mass is 32.1. The van der Waals surface area contributed by atoms with Crippen molar-refractivity contribution in [1.82, 2.24) is 9.97 Å². The maximum atomic E-state index is 12.0. The van der Waals surface area contributed by atoms with Crippen molar-refractivity contribution in [2.45, 2.75) is 26.2 Å². The fourth-order valence-corrected chi connectivity index (χ4v) is 3.30. The van der Waals surface area contributed by atoms with Crippen LogP contribution in [0.3, 0.4) is 0 Å². The summed E-state index contributed by atoms with van der Waals surface area (Å²) in [4.78, 5) is 20.9. The molecule has 3 rings (SSSR count). The Labute approximate surface area is 151 Å². The molecule has 25 heavy (non-hydrogen) atoms. The van der Waals surface area contributed by atoms with Gasteiger partial charge < -0.3 is 4.74 Å². The van der Waals surface area contributed by atoms with Crippen LogP contribution in [0.15, 0.2) is 53.9 Å². The van der Waals surface area contributed by atoms with E-state index in [2.05, 4.69) is 9.97 Å². The van der Waals surface area contributed by atoms with Gasteiger partial charge in [0.15, 0.2) is 0 Å². The van der Waals surface area contributed by atoms with E-state index in [1.54, 1.807) is 11.3 Å². The molecule has 0 saturated heterocycles. The highest BCUT2D eigenvalue weighted by Gasteiger charge is 2.10. The number of ether oxygens (including phenoxy) is 1. The molecule has 0 aliphatic rings. The number of benzene rings is 1. The number of pyridine rings is 1. The Morgan fingerprint density at radius 2 is 1.88 bits per heavy atom. The monoisotopic (exact) mass is 352 g/mol. The van der Waals surface area contributed by atoms with Crippen molar-refractivity contribution in [2.75, 3.05) is 6.61 Å². The van der Waals surface area contributed by atoms with Gasteiger partial charge >= 0.3 is 5.97 Å². The Morgan fingerprint density at radius 3 is 2.68 bits per heavy atom. The predicted molar refractivity (Wildman–Crippen MR) is 99.5 cm³/mol. The minimum Gasteiger partial charge on any atom is -0.465 e. The average Bonchev–Trinajstić information content (AvgIpc) is 3.08. The zero-order valence-corrected chi connectivity index (χ0v) is 15.0. The van der Waals surface area contributed by atoms with Gasteiger partial charge in [-0.3, -0.25) is 9.78 Å². The molecule has 0 radical (unpaired) electrons. The van der Waals surface area contributed by atoms with Gasteiger partial charge in [0.1, 0.15) is 5.01 Å². The van der Waals surface area contributed by atoms with Crippen LogP contribution in [0.4, 0.5) is 0 Å². The lowest BCUT2D eigenvalue weighted by Gasteiger charge is -2.04. The molecule has 128 valence electrons. The molecule has 0 amide bonds. The number of aryl methyl sites for hydroxylation is 2. The number of carbonyl (C=O) groups excluding carboxylic acids is 1. The van der Waals surface area contributed by atoms with Crippen LogP contribution in [-0.2, 0) is 22.4 Å². The maximum absolute atomic E-state index is 12.0. The summed E-state index contributed by atoms with van der Waals surface area (Å²) in [6.45, 7) is 2.38. The summed E-state index contributed by atoms with van der Waals surface area (Å²) in [5, 5.41) is 2.84. The zero-order valence-electron chi connectivity index (χ0n) is 14.1. The van der Waals surface area contributed by atoms with Gasteiger partial charge in [-0.2, -0.15) is 0 Å². The Morgan fingerprint density at radius 1 is 1.04 bits per heavy atom. The predicted octanol–water partition coefficient (Wildman–Crippen LogP) is 4.23. The third-order valence-electron chi connectivity index (χ3n) is 3.68. The topological polar surface area (TPSA) is 52.1 Å². The lowest BCUT2D eigenvalue weighted by atomic mass is 10.2. The lowest BCUT2D eigenvalue weighted by molar-refractivity contribution is -0.142. The normalized spacial score (nSPS) is 10.6. The first-order valence-electron chi connectivity index (χ1n) is 8.29. The summed E-state index contributed by atoms with van der Waals surface area (Å²) in [7, 11) is 0. The number of esters is 1. The smallest absolute Gasteiger partial charge is 0.311 e. The third-order valence-corrected chi connectivity index (χ3v) is 4.62. The highest BCUT2D eigenvalue weighted by molar-refractivity contribution is 7.13. The van der Waals surface area contributed by atoms with E-state index in [0.29, 0.717) is 6.61 Å². The van der Waals surface area contributed by atoms with E-state index in [0.717, 1.165) is 40.5 Å². The molecule has 0 fully saturated rings. The van der Waals surface area contributed by atoms with Gasteiger partial charge in [-0.25, -0.2) is 4.98 Å². The van der Waals surface area contributed by atoms with Crippen molar-refractivity contribution in [3.05, 3.63) is 71.0 Å². The van der Waals surface area contributed by atoms with Crippen molar-refractivity contribution in [3.8, 4) is 10.6 Å². The molecule has 0 unspecified atom stereocenters. The van der Waals surface area contributed by atoms with Crippen molar-refractivity contribution >= 4 is 17.3 Å². The van der Waals surface area contributed by atoms with Crippen LogP contribution < -0.4 is 0 Å². The van der Waals surface area contributed by atoms with E-state index >= 15 is 0 Å². The highest BCUT2D eigenvalue weighted by Crippen LogP contribution is 2.23. The number of carbonyl (C=O) groups is 1. The Balaban J connectivity index is 1.43. The number of thiazole rings is 1. The maximum Gasteiger partial charge on any atom is 0.311 e. The molecule has 2 aromatic heterocycles. The van der Waals surface area contributed by atoms with E-state index in [9.17, 15) is 4.79 Å². The van der Waals surface area contributed by atoms with Crippen LogP contribution in [-0.4, -0.2) is 22.5 Å². The van der Waals surface area contributed by atoms with E-state index in [1.165, 1.54) is 0 Å². The molecule has 0 bridgehead atoms. The first-order valence-corrected chi connectivity index (χ1v) is 9.16. The molecule has 0 saturated carbocycles. The number of rotatable bonds is 7. The molecule has 0 aliphatic heterocycles. The number of nitrogens with zero attached hydrogens (tertiary/aromatic N) is 2. The van der Waals surface area contributed by atoms with Crippen LogP contribution >= 0.6 is 11.3 Å². The second kappa shape index (κ2) is 8.53. The largest absolute Gasteiger partial charge is 0.465 e. The van der Waals surface area contributed by atoms with E-state index in [-0.39, 0.29) is 12.4 Å². The zero-order chi connectivity index (χ0) is 17.5. The summed E-state index contributed by atoms with van der Waals surface area (Å²) in [5.41, 5.74) is 3.86. The van der Waals surface area contributed by atoms with Crippen LogP contribution in [0.2, 0.25) is 0 Å². The first-order chi connectivity index (χ1) is 12.2. The Bertz CT molecular complexity index is 830. The van der Waals surface area contributed by atoms with Crippen molar-refractivity contribution in [2.24, 2.45) is 0 Å². The summed E-state index contributed by atoms with van der Waals surface area (Å²) in [6.07, 6.45) is 1.80. The van der Waals surface area contributed by atoms with E-state index < -0.39 is 0 Å². The molecule has 0 atom stereocenters. The molecule has 0 aliphatic carbocycles. The van der Waals surface area contributed by atoms with E-state index in [4.69, 9.17) is 4.74 Å². The average molecular weight is 352 g/mol. The molecule has 0 spiro atoms. The fraction of sp³-hybridized carbons (Fsp3) is 0.250. The Kier molecular flexibility index (Phi) is 5.90. The summed E-state index contributed by atoms with van der Waals surface area (Å²) in [5.74, 6) is -0.234. The minimum absolute atomic E-state index is 0.214. The van der Waals surface area contributed by atoms with Gasteiger partial charge in [0, 0.05) is 22.3 Å². The molecule has 4 nitrogen and oxygen atoms in total. The second-order valence-electron chi connectivity index (χ2n) is 5.78. The van der Waals surface area contributed by atoms with Crippen LogP contribution in [0.1, 0.15) is 23.5 Å². The fourth-order valence-electron chi connectivity index (χ4n) is 2.48. The molecule has 5 heteroatoms. The quantitative estimate of drug-likeness (QED) is 0.472. The van der Waals surface area contributed by atoms with Gasteiger partial charge in [-0.05, 0) is 31.9 Å². The molecular weight excluding hydrogens is 332 g/mol. The summed E-state index contributed by atoms with van der Waals surface area (Å²) < 4.78 is 5.31. The Hall–Kier alpha value is -2.53. The van der Waals surface area contributed by atoms with Crippen molar-refractivity contribution < 1.29 is 9.53 Å².